The highest BCUT2D eigenvalue weighted by Crippen LogP contribution is 2.28. The Balaban J connectivity index is 1.52. The van der Waals surface area contributed by atoms with Crippen LogP contribution in [-0.4, -0.2) is 40.8 Å². The van der Waals surface area contributed by atoms with E-state index in [0.29, 0.717) is 32.3 Å². The number of amides is 2. The summed E-state index contributed by atoms with van der Waals surface area (Å²) in [6.07, 6.45) is 7.72. The van der Waals surface area contributed by atoms with E-state index in [1.54, 1.807) is 12.4 Å². The van der Waals surface area contributed by atoms with Crippen LogP contribution < -0.4 is 10.6 Å². The molecule has 1 aromatic rings. The Labute approximate surface area is 147 Å². The van der Waals surface area contributed by atoms with Gasteiger partial charge in [-0.05, 0) is 56.2 Å². The Morgan fingerprint density at radius 2 is 1.80 bits per heavy atom. The molecular weight excluding hydrogens is 322 g/mol. The first-order chi connectivity index (χ1) is 12.1. The molecule has 136 valence electrons. The van der Waals surface area contributed by atoms with Crippen LogP contribution in [0.5, 0.6) is 0 Å². The largest absolute Gasteiger partial charge is 0.481 e. The molecule has 1 saturated heterocycles. The minimum atomic E-state index is -0.734. The van der Waals surface area contributed by atoms with E-state index in [0.717, 1.165) is 18.4 Å². The van der Waals surface area contributed by atoms with Crippen LogP contribution in [0.1, 0.15) is 50.2 Å². The van der Waals surface area contributed by atoms with E-state index in [-0.39, 0.29) is 30.1 Å². The van der Waals surface area contributed by atoms with Gasteiger partial charge >= 0.3 is 12.0 Å². The maximum absolute atomic E-state index is 12.4. The molecular formula is C18H25N3O4. The fraction of sp³-hybridized carbons (Fsp3) is 0.611. The highest BCUT2D eigenvalue weighted by molar-refractivity contribution is 5.75. The van der Waals surface area contributed by atoms with Gasteiger partial charge in [-0.2, -0.15) is 0 Å². The topological polar surface area (TPSA) is 101 Å². The highest BCUT2D eigenvalue weighted by Gasteiger charge is 2.30. The van der Waals surface area contributed by atoms with Gasteiger partial charge in [0.05, 0.1) is 12.0 Å². The molecule has 2 heterocycles. The number of carboxylic acids is 1. The number of rotatable bonds is 4. The number of pyridine rings is 1. The van der Waals surface area contributed by atoms with Gasteiger partial charge < -0.3 is 20.5 Å². The van der Waals surface area contributed by atoms with Crippen molar-refractivity contribution in [2.24, 2.45) is 5.92 Å². The molecule has 2 atom stereocenters. The lowest BCUT2D eigenvalue weighted by molar-refractivity contribution is -0.142. The molecule has 0 bridgehead atoms. The lowest BCUT2D eigenvalue weighted by atomic mass is 9.86. The average molecular weight is 347 g/mol. The minimum Gasteiger partial charge on any atom is -0.481 e. The molecule has 1 aliphatic heterocycles. The molecule has 0 unspecified atom stereocenters. The zero-order chi connectivity index (χ0) is 17.6. The van der Waals surface area contributed by atoms with Crippen molar-refractivity contribution in [1.29, 1.82) is 0 Å². The molecule has 1 aromatic heterocycles. The summed E-state index contributed by atoms with van der Waals surface area (Å²) in [5.41, 5.74) is 1.02. The number of carboxylic acid groups (broad SMARTS) is 1. The van der Waals surface area contributed by atoms with Crippen molar-refractivity contribution in [3.05, 3.63) is 30.1 Å². The summed E-state index contributed by atoms with van der Waals surface area (Å²) in [7, 11) is 0. The first kappa shape index (κ1) is 17.7. The molecule has 0 aromatic carbocycles. The number of hydrogen-bond acceptors (Lipinski definition) is 4. The number of aliphatic carboxylic acids is 1. The van der Waals surface area contributed by atoms with Crippen LogP contribution in [-0.2, 0) is 9.53 Å². The summed E-state index contributed by atoms with van der Waals surface area (Å²) >= 11 is 0. The molecule has 2 fully saturated rings. The van der Waals surface area contributed by atoms with E-state index in [1.165, 1.54) is 0 Å². The first-order valence-electron chi connectivity index (χ1n) is 8.95. The lowest BCUT2D eigenvalue weighted by Crippen LogP contribution is -2.50. The van der Waals surface area contributed by atoms with Crippen molar-refractivity contribution < 1.29 is 19.4 Å². The molecule has 0 radical (unpaired) electrons. The summed E-state index contributed by atoms with van der Waals surface area (Å²) in [6.45, 7) is 0.686. The lowest BCUT2D eigenvalue weighted by Gasteiger charge is -2.33. The van der Waals surface area contributed by atoms with Crippen molar-refractivity contribution in [3.8, 4) is 0 Å². The number of carbonyl (C=O) groups excluding carboxylic acids is 1. The van der Waals surface area contributed by atoms with E-state index < -0.39 is 5.97 Å². The maximum Gasteiger partial charge on any atom is 0.315 e. The molecule has 1 aliphatic carbocycles. The van der Waals surface area contributed by atoms with Gasteiger partial charge in [0.15, 0.2) is 0 Å². The Bertz CT molecular complexity index is 587. The number of hydrogen-bond donors (Lipinski definition) is 3. The third kappa shape index (κ3) is 4.69. The SMILES string of the molecule is O=C(NC1CCC(C(=O)O)CC1)N[C@H]1CCCO[C@@H]1c1ccncc1. The number of nitrogens with one attached hydrogen (secondary N) is 2. The zero-order valence-corrected chi connectivity index (χ0v) is 14.2. The minimum absolute atomic E-state index is 0.0412. The molecule has 0 spiro atoms. The number of carbonyl (C=O) groups is 2. The van der Waals surface area contributed by atoms with Crippen LogP contribution in [0.2, 0.25) is 0 Å². The zero-order valence-electron chi connectivity index (χ0n) is 14.2. The Morgan fingerprint density at radius 1 is 1.08 bits per heavy atom. The third-order valence-electron chi connectivity index (χ3n) is 5.09. The molecule has 3 rings (SSSR count). The molecule has 3 N–H and O–H groups in total. The summed E-state index contributed by atoms with van der Waals surface area (Å²) in [5.74, 6) is -1.01. The smallest absolute Gasteiger partial charge is 0.315 e. The number of nitrogens with zero attached hydrogens (tertiary/aromatic N) is 1. The molecule has 2 amide bonds. The molecule has 7 heteroatoms. The maximum atomic E-state index is 12.4. The van der Waals surface area contributed by atoms with Gasteiger partial charge in [-0.25, -0.2) is 4.79 Å². The van der Waals surface area contributed by atoms with Crippen molar-refractivity contribution in [2.75, 3.05) is 6.61 Å². The second kappa shape index (κ2) is 8.29. The van der Waals surface area contributed by atoms with Crippen molar-refractivity contribution in [1.82, 2.24) is 15.6 Å². The Morgan fingerprint density at radius 3 is 2.48 bits per heavy atom. The van der Waals surface area contributed by atoms with Crippen LogP contribution >= 0.6 is 0 Å². The van der Waals surface area contributed by atoms with Crippen LogP contribution in [0.15, 0.2) is 24.5 Å². The van der Waals surface area contributed by atoms with Gasteiger partial charge in [0, 0.05) is 25.0 Å². The van der Waals surface area contributed by atoms with E-state index in [4.69, 9.17) is 9.84 Å². The molecule has 25 heavy (non-hydrogen) atoms. The first-order valence-corrected chi connectivity index (χ1v) is 8.95. The van der Waals surface area contributed by atoms with Crippen LogP contribution in [0, 0.1) is 5.92 Å². The van der Waals surface area contributed by atoms with Crippen molar-refractivity contribution >= 4 is 12.0 Å². The van der Waals surface area contributed by atoms with Crippen LogP contribution in [0.25, 0.3) is 0 Å². The summed E-state index contributed by atoms with van der Waals surface area (Å²) < 4.78 is 5.87. The number of aromatic nitrogens is 1. The predicted molar refractivity (Wildman–Crippen MR) is 91.0 cm³/mol. The Kier molecular flexibility index (Phi) is 5.86. The second-order valence-corrected chi connectivity index (χ2v) is 6.83. The van der Waals surface area contributed by atoms with Crippen molar-refractivity contribution in [3.63, 3.8) is 0 Å². The average Bonchev–Trinajstić information content (AvgIpc) is 2.63. The number of ether oxygens (including phenoxy) is 1. The summed E-state index contributed by atoms with van der Waals surface area (Å²) in [5, 5.41) is 15.1. The van der Waals surface area contributed by atoms with Crippen molar-refractivity contribution in [2.45, 2.75) is 56.7 Å². The fourth-order valence-corrected chi connectivity index (χ4v) is 3.69. The van der Waals surface area contributed by atoms with Gasteiger partial charge in [-0.3, -0.25) is 9.78 Å². The Hall–Kier alpha value is -2.15. The summed E-state index contributed by atoms with van der Waals surface area (Å²) in [6, 6.07) is 3.59. The molecule has 1 saturated carbocycles. The van der Waals surface area contributed by atoms with Gasteiger partial charge in [-0.1, -0.05) is 0 Å². The summed E-state index contributed by atoms with van der Waals surface area (Å²) in [4.78, 5) is 27.4. The van der Waals surface area contributed by atoms with Gasteiger partial charge in [0.25, 0.3) is 0 Å². The van der Waals surface area contributed by atoms with E-state index in [2.05, 4.69) is 15.6 Å². The standard InChI is InChI=1S/C18H25N3O4/c22-17(23)13-3-5-14(6-4-13)20-18(24)21-15-2-1-11-25-16(15)12-7-9-19-10-8-12/h7-10,13-16H,1-6,11H2,(H,22,23)(H2,20,21,24)/t13?,14?,15-,16+/m0/s1. The van der Waals surface area contributed by atoms with E-state index in [1.807, 2.05) is 12.1 Å². The van der Waals surface area contributed by atoms with Gasteiger partial charge in [0.1, 0.15) is 6.10 Å². The number of urea groups is 1. The van der Waals surface area contributed by atoms with Crippen LogP contribution in [0.3, 0.4) is 0 Å². The third-order valence-corrected chi connectivity index (χ3v) is 5.09. The predicted octanol–water partition coefficient (Wildman–Crippen LogP) is 2.24. The molecule has 7 nitrogen and oxygen atoms in total. The monoisotopic (exact) mass is 347 g/mol. The van der Waals surface area contributed by atoms with Gasteiger partial charge in [-0.15, -0.1) is 0 Å². The highest BCUT2D eigenvalue weighted by atomic mass is 16.5. The van der Waals surface area contributed by atoms with Gasteiger partial charge in [0.2, 0.25) is 0 Å². The quantitative estimate of drug-likeness (QED) is 0.775. The van der Waals surface area contributed by atoms with Crippen LogP contribution in [0.4, 0.5) is 4.79 Å². The second-order valence-electron chi connectivity index (χ2n) is 6.83. The fourth-order valence-electron chi connectivity index (χ4n) is 3.69. The normalized spacial score (nSPS) is 29.6. The van der Waals surface area contributed by atoms with E-state index >= 15 is 0 Å². The molecule has 2 aliphatic rings. The van der Waals surface area contributed by atoms with E-state index in [9.17, 15) is 9.59 Å².